The van der Waals surface area contributed by atoms with E-state index in [-0.39, 0.29) is 5.54 Å². The largest absolute Gasteiger partial charge is 0.301 e. The summed E-state index contributed by atoms with van der Waals surface area (Å²) in [5.41, 5.74) is 4.12. The Morgan fingerprint density at radius 2 is 2.12 bits per heavy atom. The van der Waals surface area contributed by atoms with Crippen molar-refractivity contribution in [2.75, 3.05) is 6.61 Å². The molecular formula is C12H23N3O. The van der Waals surface area contributed by atoms with Gasteiger partial charge in [-0.3, -0.25) is 4.68 Å². The van der Waals surface area contributed by atoms with Gasteiger partial charge in [-0.05, 0) is 26.7 Å². The number of hydrogen-bond acceptors (Lipinski definition) is 3. The molecule has 4 heteroatoms. The van der Waals surface area contributed by atoms with Crippen LogP contribution in [0, 0.1) is 5.92 Å². The van der Waals surface area contributed by atoms with Crippen molar-refractivity contribution in [2.45, 2.75) is 46.7 Å². The number of aromatic nitrogens is 2. The number of hydrogen-bond donors (Lipinski definition) is 1. The first-order chi connectivity index (χ1) is 7.39. The molecule has 1 heterocycles. The van der Waals surface area contributed by atoms with E-state index in [4.69, 9.17) is 4.84 Å². The van der Waals surface area contributed by atoms with Crippen molar-refractivity contribution in [3.05, 3.63) is 18.0 Å². The summed E-state index contributed by atoms with van der Waals surface area (Å²) >= 11 is 0. The third-order valence-corrected chi connectivity index (χ3v) is 2.12. The van der Waals surface area contributed by atoms with E-state index in [0.717, 1.165) is 12.2 Å². The number of nitrogens with zero attached hydrogens (tertiary/aromatic N) is 2. The highest BCUT2D eigenvalue weighted by Gasteiger charge is 2.13. The van der Waals surface area contributed by atoms with E-state index in [2.05, 4.69) is 45.2 Å². The minimum Gasteiger partial charge on any atom is -0.301 e. The molecule has 1 aromatic heterocycles. The number of nitrogens with one attached hydrogen (secondary N) is 1. The molecule has 0 aliphatic carbocycles. The second kappa shape index (κ2) is 5.46. The van der Waals surface area contributed by atoms with Gasteiger partial charge in [0.1, 0.15) is 0 Å². The molecule has 0 aliphatic heterocycles. The summed E-state index contributed by atoms with van der Waals surface area (Å²) in [5.74, 6) is 0.546. The van der Waals surface area contributed by atoms with Gasteiger partial charge in [0.25, 0.3) is 0 Å². The van der Waals surface area contributed by atoms with Gasteiger partial charge in [-0.25, -0.2) is 0 Å². The van der Waals surface area contributed by atoms with Gasteiger partial charge >= 0.3 is 0 Å². The van der Waals surface area contributed by atoms with Crippen molar-refractivity contribution in [1.29, 1.82) is 0 Å². The van der Waals surface area contributed by atoms with Crippen LogP contribution >= 0.6 is 0 Å². The highest BCUT2D eigenvalue weighted by Crippen LogP contribution is 2.12. The summed E-state index contributed by atoms with van der Waals surface area (Å²) in [4.78, 5) is 5.31. The van der Waals surface area contributed by atoms with Crippen LogP contribution in [-0.2, 0) is 16.9 Å². The Hall–Kier alpha value is -0.870. The molecule has 0 radical (unpaired) electrons. The lowest BCUT2D eigenvalue weighted by atomic mass is 10.1. The summed E-state index contributed by atoms with van der Waals surface area (Å²) in [6.07, 6.45) is 3.92. The predicted molar refractivity (Wildman–Crippen MR) is 64.9 cm³/mol. The topological polar surface area (TPSA) is 39.1 Å². The third-order valence-electron chi connectivity index (χ3n) is 2.12. The molecule has 0 spiro atoms. The standard InChI is InChI=1S/C12H23N3O/c1-10(2)9-16-14-7-11-6-13-15(8-11)12(3,4)5/h6,8,10,14H,7,9H2,1-5H3. The van der Waals surface area contributed by atoms with Crippen molar-refractivity contribution < 1.29 is 4.84 Å². The van der Waals surface area contributed by atoms with E-state index in [9.17, 15) is 0 Å². The van der Waals surface area contributed by atoms with Gasteiger partial charge in [-0.2, -0.15) is 10.6 Å². The van der Waals surface area contributed by atoms with Gasteiger partial charge in [-0.1, -0.05) is 13.8 Å². The fourth-order valence-corrected chi connectivity index (χ4v) is 1.18. The fraction of sp³-hybridized carbons (Fsp3) is 0.750. The molecule has 92 valence electrons. The molecule has 1 N–H and O–H groups in total. The van der Waals surface area contributed by atoms with Gasteiger partial charge in [0.2, 0.25) is 0 Å². The molecule has 4 nitrogen and oxygen atoms in total. The lowest BCUT2D eigenvalue weighted by Gasteiger charge is -2.18. The molecule has 16 heavy (non-hydrogen) atoms. The Kier molecular flexibility index (Phi) is 4.50. The van der Waals surface area contributed by atoms with Crippen LogP contribution in [0.5, 0.6) is 0 Å². The van der Waals surface area contributed by atoms with Crippen LogP contribution in [0.1, 0.15) is 40.2 Å². The molecule has 0 saturated heterocycles. The van der Waals surface area contributed by atoms with Gasteiger partial charge < -0.3 is 4.84 Å². The molecular weight excluding hydrogens is 202 g/mol. The highest BCUT2D eigenvalue weighted by atomic mass is 16.6. The van der Waals surface area contributed by atoms with E-state index in [1.54, 1.807) is 0 Å². The van der Waals surface area contributed by atoms with Crippen molar-refractivity contribution in [2.24, 2.45) is 5.92 Å². The SMILES string of the molecule is CC(C)CONCc1cnn(C(C)(C)C)c1. The van der Waals surface area contributed by atoms with E-state index < -0.39 is 0 Å². The van der Waals surface area contributed by atoms with E-state index in [0.29, 0.717) is 12.5 Å². The normalized spacial score (nSPS) is 12.4. The van der Waals surface area contributed by atoms with Crippen LogP contribution in [0.2, 0.25) is 0 Å². The van der Waals surface area contributed by atoms with E-state index >= 15 is 0 Å². The lowest BCUT2D eigenvalue weighted by molar-refractivity contribution is 0.0196. The highest BCUT2D eigenvalue weighted by molar-refractivity contribution is 5.04. The number of hydroxylamine groups is 1. The van der Waals surface area contributed by atoms with Crippen LogP contribution in [0.4, 0.5) is 0 Å². The first-order valence-electron chi connectivity index (χ1n) is 5.78. The minimum atomic E-state index is 0.0387. The summed E-state index contributed by atoms with van der Waals surface area (Å²) in [7, 11) is 0. The van der Waals surface area contributed by atoms with Gasteiger partial charge in [0.15, 0.2) is 0 Å². The molecule has 1 rings (SSSR count). The second-order valence-corrected chi connectivity index (χ2v) is 5.49. The zero-order chi connectivity index (χ0) is 12.2. The molecule has 0 aromatic carbocycles. The monoisotopic (exact) mass is 225 g/mol. The van der Waals surface area contributed by atoms with Crippen molar-refractivity contribution >= 4 is 0 Å². The zero-order valence-electron chi connectivity index (χ0n) is 10.9. The van der Waals surface area contributed by atoms with Crippen molar-refractivity contribution in [3.63, 3.8) is 0 Å². The Morgan fingerprint density at radius 1 is 1.44 bits per heavy atom. The zero-order valence-corrected chi connectivity index (χ0v) is 10.9. The molecule has 0 fully saturated rings. The quantitative estimate of drug-likeness (QED) is 0.617. The molecule has 0 saturated carbocycles. The Morgan fingerprint density at radius 3 is 2.62 bits per heavy atom. The molecule has 0 atom stereocenters. The smallest absolute Gasteiger partial charge is 0.0705 e. The predicted octanol–water partition coefficient (Wildman–Crippen LogP) is 2.32. The Balaban J connectivity index is 2.36. The third kappa shape index (κ3) is 4.33. The van der Waals surface area contributed by atoms with E-state index in [1.165, 1.54) is 0 Å². The summed E-state index contributed by atoms with van der Waals surface area (Å²) in [6, 6.07) is 0. The fourth-order valence-electron chi connectivity index (χ4n) is 1.18. The van der Waals surface area contributed by atoms with Crippen LogP contribution in [-0.4, -0.2) is 16.4 Å². The van der Waals surface area contributed by atoms with E-state index in [1.807, 2.05) is 17.1 Å². The maximum Gasteiger partial charge on any atom is 0.0705 e. The first kappa shape index (κ1) is 13.2. The van der Waals surface area contributed by atoms with Crippen molar-refractivity contribution in [1.82, 2.24) is 15.3 Å². The molecule has 0 aliphatic rings. The van der Waals surface area contributed by atoms with Crippen LogP contribution in [0.25, 0.3) is 0 Å². The molecule has 0 unspecified atom stereocenters. The molecule has 0 bridgehead atoms. The maximum atomic E-state index is 5.31. The first-order valence-corrected chi connectivity index (χ1v) is 5.78. The second-order valence-electron chi connectivity index (χ2n) is 5.49. The summed E-state index contributed by atoms with van der Waals surface area (Å²) < 4.78 is 1.96. The van der Waals surface area contributed by atoms with Crippen LogP contribution in [0.15, 0.2) is 12.4 Å². The summed E-state index contributed by atoms with van der Waals surface area (Å²) in [5, 5.41) is 4.32. The maximum absolute atomic E-state index is 5.31. The average molecular weight is 225 g/mol. The Labute approximate surface area is 97.9 Å². The van der Waals surface area contributed by atoms with Gasteiger partial charge in [0, 0.05) is 18.3 Å². The van der Waals surface area contributed by atoms with Crippen LogP contribution < -0.4 is 5.48 Å². The number of rotatable bonds is 5. The molecule has 0 amide bonds. The van der Waals surface area contributed by atoms with Gasteiger partial charge in [0.05, 0.1) is 18.3 Å². The Bertz CT molecular complexity index is 312. The lowest BCUT2D eigenvalue weighted by Crippen LogP contribution is -2.22. The van der Waals surface area contributed by atoms with Gasteiger partial charge in [-0.15, -0.1) is 0 Å². The minimum absolute atomic E-state index is 0.0387. The van der Waals surface area contributed by atoms with Crippen LogP contribution in [0.3, 0.4) is 0 Å². The summed E-state index contributed by atoms with van der Waals surface area (Å²) in [6.45, 7) is 12.1. The molecule has 1 aromatic rings. The van der Waals surface area contributed by atoms with Crippen molar-refractivity contribution in [3.8, 4) is 0 Å². The average Bonchev–Trinajstić information content (AvgIpc) is 2.59.